The van der Waals surface area contributed by atoms with Gasteiger partial charge in [-0.05, 0) is 5.92 Å². The van der Waals surface area contributed by atoms with Gasteiger partial charge in [0.15, 0.2) is 0 Å². The Kier molecular flexibility index (Phi) is 4.36. The minimum Gasteiger partial charge on any atom is -0.342 e. The summed E-state index contributed by atoms with van der Waals surface area (Å²) in [5, 5.41) is 2.74. The molecule has 0 radical (unpaired) electrons. The van der Waals surface area contributed by atoms with Crippen LogP contribution >= 0.6 is 0 Å². The highest BCUT2D eigenvalue weighted by Crippen LogP contribution is 2.14. The standard InChI is InChI=1S/C12H18N2O2/c1-4-6-7-14-8-10(15)13-11(12(14)16)9(3)5-2/h1,9,11H,5-8H2,2-3H3,(H,13,15). The fourth-order valence-corrected chi connectivity index (χ4v) is 1.74. The Balaban J connectivity index is 2.70. The van der Waals surface area contributed by atoms with Crippen molar-refractivity contribution in [2.24, 2.45) is 5.92 Å². The molecule has 1 aliphatic rings. The molecule has 1 N–H and O–H groups in total. The topological polar surface area (TPSA) is 49.4 Å². The molecule has 4 heteroatoms. The van der Waals surface area contributed by atoms with Crippen molar-refractivity contribution in [1.29, 1.82) is 0 Å². The lowest BCUT2D eigenvalue weighted by Gasteiger charge is -2.34. The number of rotatable bonds is 4. The van der Waals surface area contributed by atoms with Gasteiger partial charge >= 0.3 is 0 Å². The molecule has 1 saturated heterocycles. The maximum Gasteiger partial charge on any atom is 0.245 e. The first-order chi connectivity index (χ1) is 7.60. The number of nitrogens with one attached hydrogen (secondary N) is 1. The number of nitrogens with zero attached hydrogens (tertiary/aromatic N) is 1. The van der Waals surface area contributed by atoms with Crippen molar-refractivity contribution in [3.8, 4) is 12.3 Å². The lowest BCUT2D eigenvalue weighted by molar-refractivity contribution is -0.145. The zero-order valence-electron chi connectivity index (χ0n) is 9.82. The minimum atomic E-state index is -0.385. The van der Waals surface area contributed by atoms with Crippen LogP contribution in [-0.4, -0.2) is 35.8 Å². The van der Waals surface area contributed by atoms with E-state index in [1.165, 1.54) is 0 Å². The van der Waals surface area contributed by atoms with Gasteiger partial charge in [-0.1, -0.05) is 20.3 Å². The number of hydrogen-bond donors (Lipinski definition) is 1. The smallest absolute Gasteiger partial charge is 0.245 e. The molecule has 1 fully saturated rings. The van der Waals surface area contributed by atoms with Crippen LogP contribution in [0.5, 0.6) is 0 Å². The summed E-state index contributed by atoms with van der Waals surface area (Å²) in [6, 6.07) is -0.385. The Morgan fingerprint density at radius 1 is 1.62 bits per heavy atom. The molecule has 0 aliphatic carbocycles. The SMILES string of the molecule is C#CCCN1CC(=O)NC(C(C)CC)C1=O. The third kappa shape index (κ3) is 2.75. The summed E-state index contributed by atoms with van der Waals surface area (Å²) in [6.07, 6.45) is 6.51. The molecular formula is C12H18N2O2. The van der Waals surface area contributed by atoms with E-state index in [0.717, 1.165) is 6.42 Å². The zero-order valence-corrected chi connectivity index (χ0v) is 9.82. The molecule has 2 unspecified atom stereocenters. The summed E-state index contributed by atoms with van der Waals surface area (Å²) < 4.78 is 0. The Hall–Kier alpha value is -1.50. The summed E-state index contributed by atoms with van der Waals surface area (Å²) in [5.41, 5.74) is 0. The number of amides is 2. The number of carbonyl (C=O) groups excluding carboxylic acids is 2. The van der Waals surface area contributed by atoms with E-state index < -0.39 is 0 Å². The normalized spacial score (nSPS) is 22.6. The van der Waals surface area contributed by atoms with E-state index in [4.69, 9.17) is 6.42 Å². The van der Waals surface area contributed by atoms with E-state index in [1.54, 1.807) is 4.90 Å². The van der Waals surface area contributed by atoms with Crippen LogP contribution in [0.1, 0.15) is 26.7 Å². The average molecular weight is 222 g/mol. The average Bonchev–Trinajstić information content (AvgIpc) is 2.28. The van der Waals surface area contributed by atoms with Gasteiger partial charge in [-0.3, -0.25) is 9.59 Å². The Labute approximate surface area is 96.4 Å². The summed E-state index contributed by atoms with van der Waals surface area (Å²) in [7, 11) is 0. The molecule has 2 amide bonds. The molecule has 0 spiro atoms. The fourth-order valence-electron chi connectivity index (χ4n) is 1.74. The molecule has 1 aliphatic heterocycles. The second-order valence-electron chi connectivity index (χ2n) is 4.14. The number of piperazine rings is 1. The van der Waals surface area contributed by atoms with Crippen LogP contribution < -0.4 is 5.32 Å². The molecule has 0 aromatic rings. The first-order valence-electron chi connectivity index (χ1n) is 5.61. The lowest BCUT2D eigenvalue weighted by Crippen LogP contribution is -2.60. The van der Waals surface area contributed by atoms with E-state index in [2.05, 4.69) is 11.2 Å². The predicted octanol–water partition coefficient (Wildman–Crippen LogP) is 0.383. The third-order valence-electron chi connectivity index (χ3n) is 2.97. The van der Waals surface area contributed by atoms with Gasteiger partial charge in [0, 0.05) is 13.0 Å². The third-order valence-corrected chi connectivity index (χ3v) is 2.97. The first-order valence-corrected chi connectivity index (χ1v) is 5.61. The van der Waals surface area contributed by atoms with E-state index in [1.807, 2.05) is 13.8 Å². The first kappa shape index (κ1) is 12.6. The molecule has 4 nitrogen and oxygen atoms in total. The molecule has 16 heavy (non-hydrogen) atoms. The van der Waals surface area contributed by atoms with Crippen LogP contribution in [0.2, 0.25) is 0 Å². The number of carbonyl (C=O) groups is 2. The highest BCUT2D eigenvalue weighted by molar-refractivity contribution is 5.95. The van der Waals surface area contributed by atoms with Crippen LogP contribution in [0.25, 0.3) is 0 Å². The van der Waals surface area contributed by atoms with E-state index in [-0.39, 0.29) is 30.3 Å². The molecule has 2 atom stereocenters. The van der Waals surface area contributed by atoms with Gasteiger partial charge in [-0.15, -0.1) is 12.3 Å². The molecule has 0 saturated carbocycles. The summed E-state index contributed by atoms with van der Waals surface area (Å²) in [6.45, 7) is 4.57. The Bertz CT molecular complexity index is 319. The lowest BCUT2D eigenvalue weighted by atomic mass is 9.96. The summed E-state index contributed by atoms with van der Waals surface area (Å²) in [4.78, 5) is 25.0. The Morgan fingerprint density at radius 2 is 2.31 bits per heavy atom. The van der Waals surface area contributed by atoms with Crippen molar-refractivity contribution >= 4 is 11.8 Å². The highest BCUT2D eigenvalue weighted by atomic mass is 16.2. The molecular weight excluding hydrogens is 204 g/mol. The Morgan fingerprint density at radius 3 is 2.88 bits per heavy atom. The maximum atomic E-state index is 12.0. The van der Waals surface area contributed by atoms with Crippen LogP contribution in [0, 0.1) is 18.3 Å². The van der Waals surface area contributed by atoms with Gasteiger partial charge in [0.2, 0.25) is 11.8 Å². The quantitative estimate of drug-likeness (QED) is 0.699. The second kappa shape index (κ2) is 5.55. The predicted molar refractivity (Wildman–Crippen MR) is 61.4 cm³/mol. The largest absolute Gasteiger partial charge is 0.342 e. The number of terminal acetylenes is 1. The van der Waals surface area contributed by atoms with Crippen molar-refractivity contribution < 1.29 is 9.59 Å². The second-order valence-corrected chi connectivity index (χ2v) is 4.14. The van der Waals surface area contributed by atoms with Crippen molar-refractivity contribution in [2.45, 2.75) is 32.7 Å². The molecule has 0 aromatic heterocycles. The fraction of sp³-hybridized carbons (Fsp3) is 0.667. The number of hydrogen-bond acceptors (Lipinski definition) is 2. The van der Waals surface area contributed by atoms with Gasteiger partial charge in [0.05, 0.1) is 6.54 Å². The van der Waals surface area contributed by atoms with Crippen molar-refractivity contribution in [2.75, 3.05) is 13.1 Å². The molecule has 0 aromatic carbocycles. The molecule has 1 rings (SSSR count). The zero-order chi connectivity index (χ0) is 12.1. The molecule has 1 heterocycles. The van der Waals surface area contributed by atoms with E-state index >= 15 is 0 Å². The molecule has 88 valence electrons. The van der Waals surface area contributed by atoms with Gasteiger partial charge in [0.25, 0.3) is 0 Å². The monoisotopic (exact) mass is 222 g/mol. The van der Waals surface area contributed by atoms with Gasteiger partial charge < -0.3 is 10.2 Å². The van der Waals surface area contributed by atoms with Crippen LogP contribution in [-0.2, 0) is 9.59 Å². The van der Waals surface area contributed by atoms with Crippen LogP contribution in [0.15, 0.2) is 0 Å². The maximum absolute atomic E-state index is 12.0. The molecule has 0 bridgehead atoms. The van der Waals surface area contributed by atoms with Crippen molar-refractivity contribution in [1.82, 2.24) is 10.2 Å². The van der Waals surface area contributed by atoms with E-state index in [0.29, 0.717) is 13.0 Å². The van der Waals surface area contributed by atoms with Crippen LogP contribution in [0.4, 0.5) is 0 Å². The van der Waals surface area contributed by atoms with Crippen molar-refractivity contribution in [3.05, 3.63) is 0 Å². The van der Waals surface area contributed by atoms with Crippen molar-refractivity contribution in [3.63, 3.8) is 0 Å². The van der Waals surface area contributed by atoms with Gasteiger partial charge in [-0.2, -0.15) is 0 Å². The van der Waals surface area contributed by atoms with Gasteiger partial charge in [-0.25, -0.2) is 0 Å². The van der Waals surface area contributed by atoms with Gasteiger partial charge in [0.1, 0.15) is 6.04 Å². The minimum absolute atomic E-state index is 0.01000. The summed E-state index contributed by atoms with van der Waals surface area (Å²) in [5.74, 6) is 2.53. The van der Waals surface area contributed by atoms with E-state index in [9.17, 15) is 9.59 Å². The van der Waals surface area contributed by atoms with Crippen LogP contribution in [0.3, 0.4) is 0 Å². The summed E-state index contributed by atoms with van der Waals surface area (Å²) >= 11 is 0. The highest BCUT2D eigenvalue weighted by Gasteiger charge is 2.34.